The molecule has 1 fully saturated rings. The van der Waals surface area contributed by atoms with Crippen molar-refractivity contribution >= 4 is 5.69 Å². The predicted octanol–water partition coefficient (Wildman–Crippen LogP) is 2.78. The molecular formula is C13H19NO. The summed E-state index contributed by atoms with van der Waals surface area (Å²) in [6, 6.07) is 8.69. The molecule has 2 unspecified atom stereocenters. The van der Waals surface area contributed by atoms with Gasteiger partial charge < -0.3 is 10.4 Å². The highest BCUT2D eigenvalue weighted by molar-refractivity contribution is 5.45. The lowest BCUT2D eigenvalue weighted by molar-refractivity contribution is 0.282. The Hall–Kier alpha value is -1.02. The lowest BCUT2D eigenvalue weighted by Crippen LogP contribution is -2.15. The first-order valence-electron chi connectivity index (χ1n) is 5.74. The average Bonchev–Trinajstić information content (AvgIpc) is 2.65. The summed E-state index contributed by atoms with van der Waals surface area (Å²) in [7, 11) is 0. The summed E-state index contributed by atoms with van der Waals surface area (Å²) < 4.78 is 0. The Balaban J connectivity index is 1.93. The van der Waals surface area contributed by atoms with Crippen molar-refractivity contribution in [2.24, 2.45) is 5.92 Å². The zero-order valence-corrected chi connectivity index (χ0v) is 9.24. The minimum Gasteiger partial charge on any atom is -0.392 e. The second-order valence-corrected chi connectivity index (χ2v) is 4.61. The third-order valence-electron chi connectivity index (χ3n) is 3.20. The zero-order chi connectivity index (χ0) is 10.7. The fraction of sp³-hybridized carbons (Fsp3) is 0.538. The molecule has 0 spiro atoms. The first kappa shape index (κ1) is 10.5. The van der Waals surface area contributed by atoms with Crippen LogP contribution < -0.4 is 5.32 Å². The summed E-state index contributed by atoms with van der Waals surface area (Å²) >= 11 is 0. The van der Waals surface area contributed by atoms with E-state index in [-0.39, 0.29) is 6.61 Å². The van der Waals surface area contributed by atoms with Crippen molar-refractivity contribution in [1.82, 2.24) is 0 Å². The molecule has 2 nitrogen and oxygen atoms in total. The van der Waals surface area contributed by atoms with E-state index in [0.717, 1.165) is 11.5 Å². The van der Waals surface area contributed by atoms with Gasteiger partial charge in [-0.3, -0.25) is 0 Å². The van der Waals surface area contributed by atoms with E-state index in [2.05, 4.69) is 24.4 Å². The van der Waals surface area contributed by atoms with Crippen molar-refractivity contribution < 1.29 is 5.11 Å². The van der Waals surface area contributed by atoms with Crippen LogP contribution in [0.25, 0.3) is 0 Å². The van der Waals surface area contributed by atoms with Gasteiger partial charge in [-0.05, 0) is 42.9 Å². The summed E-state index contributed by atoms with van der Waals surface area (Å²) in [6.45, 7) is 2.44. The van der Waals surface area contributed by atoms with Gasteiger partial charge in [0.1, 0.15) is 0 Å². The van der Waals surface area contributed by atoms with Crippen LogP contribution in [0.5, 0.6) is 0 Å². The Labute approximate surface area is 91.3 Å². The van der Waals surface area contributed by atoms with Crippen LogP contribution in [0.4, 0.5) is 5.69 Å². The summed E-state index contributed by atoms with van der Waals surface area (Å²) in [5.41, 5.74) is 2.15. The summed E-state index contributed by atoms with van der Waals surface area (Å²) in [5, 5.41) is 12.5. The molecule has 1 saturated carbocycles. The molecular weight excluding hydrogens is 186 g/mol. The molecule has 1 aliphatic rings. The zero-order valence-electron chi connectivity index (χ0n) is 9.24. The third-order valence-corrected chi connectivity index (χ3v) is 3.20. The quantitative estimate of drug-likeness (QED) is 0.795. The van der Waals surface area contributed by atoms with E-state index in [4.69, 9.17) is 5.11 Å². The highest BCUT2D eigenvalue weighted by Gasteiger charge is 2.20. The van der Waals surface area contributed by atoms with Gasteiger partial charge in [-0.2, -0.15) is 0 Å². The molecule has 2 N–H and O–H groups in total. The molecule has 0 heterocycles. The Bertz CT molecular complexity index is 307. The van der Waals surface area contributed by atoms with E-state index >= 15 is 0 Å². The number of aliphatic hydroxyl groups is 1. The van der Waals surface area contributed by atoms with Crippen LogP contribution in [0.15, 0.2) is 24.3 Å². The van der Waals surface area contributed by atoms with Crippen molar-refractivity contribution in [3.63, 3.8) is 0 Å². The molecule has 2 atom stereocenters. The molecule has 82 valence electrons. The van der Waals surface area contributed by atoms with Crippen LogP contribution in [-0.2, 0) is 6.61 Å². The lowest BCUT2D eigenvalue weighted by atomic mass is 10.1. The Kier molecular flexibility index (Phi) is 3.27. The second kappa shape index (κ2) is 4.67. The van der Waals surface area contributed by atoms with Gasteiger partial charge in [-0.25, -0.2) is 0 Å². The normalized spacial score (nSPS) is 25.5. The van der Waals surface area contributed by atoms with E-state index in [1.54, 1.807) is 0 Å². The topological polar surface area (TPSA) is 32.3 Å². The van der Waals surface area contributed by atoms with E-state index < -0.39 is 0 Å². The molecule has 0 amide bonds. The van der Waals surface area contributed by atoms with Crippen molar-refractivity contribution in [2.45, 2.75) is 38.8 Å². The van der Waals surface area contributed by atoms with Gasteiger partial charge in [0.25, 0.3) is 0 Å². The highest BCUT2D eigenvalue weighted by atomic mass is 16.3. The molecule has 1 aromatic rings. The molecule has 0 bridgehead atoms. The molecule has 0 radical (unpaired) electrons. The van der Waals surface area contributed by atoms with Crippen LogP contribution in [-0.4, -0.2) is 11.1 Å². The van der Waals surface area contributed by atoms with Gasteiger partial charge in [0.15, 0.2) is 0 Å². The van der Waals surface area contributed by atoms with Gasteiger partial charge in [-0.15, -0.1) is 0 Å². The van der Waals surface area contributed by atoms with E-state index in [1.165, 1.54) is 24.9 Å². The van der Waals surface area contributed by atoms with Crippen LogP contribution in [0.1, 0.15) is 31.7 Å². The minimum absolute atomic E-state index is 0.126. The first-order valence-corrected chi connectivity index (χ1v) is 5.74. The van der Waals surface area contributed by atoms with Gasteiger partial charge in [0, 0.05) is 11.7 Å². The van der Waals surface area contributed by atoms with Crippen LogP contribution in [0, 0.1) is 5.92 Å². The van der Waals surface area contributed by atoms with Crippen molar-refractivity contribution in [1.29, 1.82) is 0 Å². The second-order valence-electron chi connectivity index (χ2n) is 4.61. The molecule has 15 heavy (non-hydrogen) atoms. The molecule has 0 aromatic heterocycles. The highest BCUT2D eigenvalue weighted by Crippen LogP contribution is 2.27. The lowest BCUT2D eigenvalue weighted by Gasteiger charge is -2.14. The van der Waals surface area contributed by atoms with Gasteiger partial charge in [0.05, 0.1) is 6.61 Å². The van der Waals surface area contributed by atoms with Crippen LogP contribution >= 0.6 is 0 Å². The van der Waals surface area contributed by atoms with Crippen molar-refractivity contribution in [2.75, 3.05) is 5.32 Å². The molecule has 1 aliphatic carbocycles. The van der Waals surface area contributed by atoms with E-state index in [9.17, 15) is 0 Å². The molecule has 2 rings (SSSR count). The SMILES string of the molecule is CC1CCC(Nc2ccc(CO)cc2)C1. The Morgan fingerprint density at radius 2 is 2.00 bits per heavy atom. The summed E-state index contributed by atoms with van der Waals surface area (Å²) in [4.78, 5) is 0. The number of hydrogen-bond donors (Lipinski definition) is 2. The number of benzene rings is 1. The fourth-order valence-electron chi connectivity index (χ4n) is 2.28. The largest absolute Gasteiger partial charge is 0.392 e. The third kappa shape index (κ3) is 2.72. The van der Waals surface area contributed by atoms with Crippen LogP contribution in [0.2, 0.25) is 0 Å². The molecule has 0 saturated heterocycles. The Morgan fingerprint density at radius 3 is 2.53 bits per heavy atom. The summed E-state index contributed by atoms with van der Waals surface area (Å²) in [6.07, 6.45) is 3.90. The minimum atomic E-state index is 0.126. The Morgan fingerprint density at radius 1 is 1.27 bits per heavy atom. The first-order chi connectivity index (χ1) is 7.28. The standard InChI is InChI=1S/C13H19NO/c1-10-2-5-13(8-10)14-12-6-3-11(9-15)4-7-12/h3-4,6-7,10,13-15H,2,5,8-9H2,1H3. The number of anilines is 1. The number of aliphatic hydroxyl groups excluding tert-OH is 1. The monoisotopic (exact) mass is 205 g/mol. The van der Waals surface area contributed by atoms with E-state index in [1.807, 2.05) is 12.1 Å². The van der Waals surface area contributed by atoms with Gasteiger partial charge in [0.2, 0.25) is 0 Å². The fourth-order valence-corrected chi connectivity index (χ4v) is 2.28. The molecule has 0 aliphatic heterocycles. The van der Waals surface area contributed by atoms with Gasteiger partial charge >= 0.3 is 0 Å². The molecule has 1 aromatic carbocycles. The predicted molar refractivity (Wildman–Crippen MR) is 62.8 cm³/mol. The average molecular weight is 205 g/mol. The maximum atomic E-state index is 8.93. The maximum absolute atomic E-state index is 8.93. The number of nitrogens with one attached hydrogen (secondary N) is 1. The van der Waals surface area contributed by atoms with E-state index in [0.29, 0.717) is 6.04 Å². The summed E-state index contributed by atoms with van der Waals surface area (Å²) in [5.74, 6) is 0.860. The number of rotatable bonds is 3. The molecule has 2 heteroatoms. The van der Waals surface area contributed by atoms with Crippen LogP contribution in [0.3, 0.4) is 0 Å². The smallest absolute Gasteiger partial charge is 0.0681 e. The van der Waals surface area contributed by atoms with Crippen molar-refractivity contribution in [3.05, 3.63) is 29.8 Å². The van der Waals surface area contributed by atoms with Gasteiger partial charge in [-0.1, -0.05) is 19.1 Å². The number of hydrogen-bond acceptors (Lipinski definition) is 2. The van der Waals surface area contributed by atoms with Crippen molar-refractivity contribution in [3.8, 4) is 0 Å². The maximum Gasteiger partial charge on any atom is 0.0681 e.